The van der Waals surface area contributed by atoms with Gasteiger partial charge in [-0.05, 0) is 65.0 Å². The van der Waals surface area contributed by atoms with Crippen molar-refractivity contribution in [2.75, 3.05) is 19.8 Å². The Morgan fingerprint density at radius 2 is 1.94 bits per heavy atom. The molecule has 1 aromatic carbocycles. The molecule has 6 heteroatoms. The Bertz CT molecular complexity index is 1080. The number of hydrogen-bond acceptors (Lipinski definition) is 4. The van der Waals surface area contributed by atoms with Crippen LogP contribution in [0.1, 0.15) is 73.3 Å². The van der Waals surface area contributed by atoms with E-state index in [4.69, 9.17) is 14.8 Å². The topological polar surface area (TPSA) is 69.0 Å². The number of nitrogens with one attached hydrogen (secondary N) is 1. The van der Waals surface area contributed by atoms with Crippen LogP contribution < -0.4 is 5.32 Å². The predicted octanol–water partition coefficient (Wildman–Crippen LogP) is 4.75. The lowest BCUT2D eigenvalue weighted by atomic mass is 10.1. The van der Waals surface area contributed by atoms with Gasteiger partial charge in [0.15, 0.2) is 5.65 Å². The minimum Gasteiger partial charge on any atom is -0.381 e. The summed E-state index contributed by atoms with van der Waals surface area (Å²) in [6.45, 7) is 10.2. The van der Waals surface area contributed by atoms with Crippen molar-refractivity contribution in [3.63, 3.8) is 0 Å². The molecule has 0 spiro atoms. The first-order valence-corrected chi connectivity index (χ1v) is 11.6. The fraction of sp³-hybridized carbons (Fsp3) is 0.500. The van der Waals surface area contributed by atoms with Gasteiger partial charge in [-0.2, -0.15) is 5.10 Å². The number of carbonyl (C=O) groups is 1. The number of amides is 1. The molecule has 0 saturated heterocycles. The summed E-state index contributed by atoms with van der Waals surface area (Å²) >= 11 is 0. The standard InChI is InChI=1S/C26H34N4O2/c1-18-23-21(17-22(20-11-12-20)28-24(23)30(29-18)26(2,3)4)25(31)27-14-8-15-32-16-13-19-9-6-5-7-10-19/h5-7,9-10,17,20H,8,11-16H2,1-4H3,(H,27,31). The highest BCUT2D eigenvalue weighted by Gasteiger charge is 2.30. The summed E-state index contributed by atoms with van der Waals surface area (Å²) in [6.07, 6.45) is 3.97. The van der Waals surface area contributed by atoms with E-state index in [9.17, 15) is 4.79 Å². The average Bonchev–Trinajstić information content (AvgIpc) is 3.56. The molecular formula is C26H34N4O2. The Labute approximate surface area is 190 Å². The number of carbonyl (C=O) groups excluding carboxylic acids is 1. The second kappa shape index (κ2) is 9.41. The zero-order valence-corrected chi connectivity index (χ0v) is 19.6. The molecule has 1 saturated carbocycles. The SMILES string of the molecule is Cc1nn(C(C)(C)C)c2nc(C3CC3)cc(C(=O)NCCCOCCc3ccccc3)c12. The molecule has 2 aromatic heterocycles. The van der Waals surface area contributed by atoms with Crippen LogP contribution in [0.3, 0.4) is 0 Å². The van der Waals surface area contributed by atoms with Crippen LogP contribution in [0.5, 0.6) is 0 Å². The highest BCUT2D eigenvalue weighted by Crippen LogP contribution is 2.40. The van der Waals surface area contributed by atoms with Gasteiger partial charge in [-0.3, -0.25) is 4.79 Å². The number of pyridine rings is 1. The second-order valence-electron chi connectivity index (χ2n) is 9.69. The number of rotatable bonds is 9. The smallest absolute Gasteiger partial charge is 0.252 e. The van der Waals surface area contributed by atoms with Crippen molar-refractivity contribution < 1.29 is 9.53 Å². The monoisotopic (exact) mass is 434 g/mol. The molecule has 3 aromatic rings. The number of aryl methyl sites for hydroxylation is 1. The second-order valence-corrected chi connectivity index (χ2v) is 9.69. The van der Waals surface area contributed by atoms with Crippen LogP contribution in [0.4, 0.5) is 0 Å². The van der Waals surface area contributed by atoms with E-state index in [1.54, 1.807) is 0 Å². The van der Waals surface area contributed by atoms with Crippen molar-refractivity contribution in [2.24, 2.45) is 0 Å². The number of aromatic nitrogens is 3. The highest BCUT2D eigenvalue weighted by molar-refractivity contribution is 6.06. The van der Waals surface area contributed by atoms with E-state index in [-0.39, 0.29) is 11.4 Å². The maximum atomic E-state index is 13.1. The first kappa shape index (κ1) is 22.5. The van der Waals surface area contributed by atoms with E-state index in [0.717, 1.165) is 48.1 Å². The van der Waals surface area contributed by atoms with Gasteiger partial charge in [0.2, 0.25) is 0 Å². The summed E-state index contributed by atoms with van der Waals surface area (Å²) in [5.41, 5.74) is 4.44. The molecule has 1 fully saturated rings. The molecule has 0 atom stereocenters. The quantitative estimate of drug-likeness (QED) is 0.494. The summed E-state index contributed by atoms with van der Waals surface area (Å²) in [5.74, 6) is 0.410. The Balaban J connectivity index is 1.38. The largest absolute Gasteiger partial charge is 0.381 e. The van der Waals surface area contributed by atoms with Crippen molar-refractivity contribution in [1.29, 1.82) is 0 Å². The van der Waals surface area contributed by atoms with E-state index >= 15 is 0 Å². The first-order chi connectivity index (χ1) is 15.3. The molecule has 0 radical (unpaired) electrons. The normalized spacial score (nSPS) is 14.1. The zero-order valence-electron chi connectivity index (χ0n) is 19.6. The van der Waals surface area contributed by atoms with Crippen LogP contribution in [0.2, 0.25) is 0 Å². The third-order valence-corrected chi connectivity index (χ3v) is 5.84. The van der Waals surface area contributed by atoms with E-state index in [0.29, 0.717) is 31.2 Å². The Morgan fingerprint density at radius 1 is 1.19 bits per heavy atom. The highest BCUT2D eigenvalue weighted by atomic mass is 16.5. The lowest BCUT2D eigenvalue weighted by molar-refractivity contribution is 0.0943. The number of hydrogen-bond donors (Lipinski definition) is 1. The van der Waals surface area contributed by atoms with Gasteiger partial charge in [-0.15, -0.1) is 0 Å². The molecule has 1 aliphatic rings. The molecule has 0 unspecified atom stereocenters. The predicted molar refractivity (Wildman–Crippen MR) is 127 cm³/mol. The average molecular weight is 435 g/mol. The minimum absolute atomic E-state index is 0.0554. The van der Waals surface area contributed by atoms with Crippen LogP contribution >= 0.6 is 0 Å². The van der Waals surface area contributed by atoms with E-state index in [1.165, 1.54) is 5.56 Å². The summed E-state index contributed by atoms with van der Waals surface area (Å²) in [4.78, 5) is 18.0. The molecule has 1 amide bonds. The molecular weight excluding hydrogens is 400 g/mol. The Morgan fingerprint density at radius 3 is 2.62 bits per heavy atom. The van der Waals surface area contributed by atoms with Crippen molar-refractivity contribution in [3.05, 3.63) is 58.9 Å². The minimum atomic E-state index is -0.202. The van der Waals surface area contributed by atoms with E-state index < -0.39 is 0 Å². The summed E-state index contributed by atoms with van der Waals surface area (Å²) < 4.78 is 7.70. The van der Waals surface area contributed by atoms with Crippen molar-refractivity contribution in [1.82, 2.24) is 20.1 Å². The van der Waals surface area contributed by atoms with E-state index in [2.05, 4.69) is 38.2 Å². The molecule has 0 aliphatic heterocycles. The Kier molecular flexibility index (Phi) is 6.60. The molecule has 1 N–H and O–H groups in total. The van der Waals surface area contributed by atoms with Crippen molar-refractivity contribution >= 4 is 16.9 Å². The van der Waals surface area contributed by atoms with Gasteiger partial charge in [-0.25, -0.2) is 9.67 Å². The van der Waals surface area contributed by atoms with Gasteiger partial charge >= 0.3 is 0 Å². The van der Waals surface area contributed by atoms with Gasteiger partial charge in [0.25, 0.3) is 5.91 Å². The third-order valence-electron chi connectivity index (χ3n) is 5.84. The third kappa shape index (κ3) is 5.18. The summed E-state index contributed by atoms with van der Waals surface area (Å²) in [6, 6.07) is 12.3. The summed E-state index contributed by atoms with van der Waals surface area (Å²) in [5, 5.41) is 8.67. The molecule has 4 rings (SSSR count). The lowest BCUT2D eigenvalue weighted by Gasteiger charge is -2.20. The maximum Gasteiger partial charge on any atom is 0.252 e. The van der Waals surface area contributed by atoms with Crippen molar-refractivity contribution in [3.8, 4) is 0 Å². The van der Waals surface area contributed by atoms with Crippen LogP contribution in [0.25, 0.3) is 11.0 Å². The number of benzene rings is 1. The fourth-order valence-corrected chi connectivity index (χ4v) is 3.95. The van der Waals surface area contributed by atoms with Gasteiger partial charge in [0.1, 0.15) is 0 Å². The Hall–Kier alpha value is -2.73. The van der Waals surface area contributed by atoms with Gasteiger partial charge < -0.3 is 10.1 Å². The first-order valence-electron chi connectivity index (χ1n) is 11.6. The molecule has 2 heterocycles. The molecule has 1 aliphatic carbocycles. The number of nitrogens with zero attached hydrogens (tertiary/aromatic N) is 3. The molecule has 6 nitrogen and oxygen atoms in total. The molecule has 0 bridgehead atoms. The molecule has 170 valence electrons. The van der Waals surface area contributed by atoms with Gasteiger partial charge in [0.05, 0.1) is 28.8 Å². The number of ether oxygens (including phenoxy) is 1. The zero-order chi connectivity index (χ0) is 22.7. The van der Waals surface area contributed by atoms with Crippen LogP contribution in [-0.2, 0) is 16.7 Å². The summed E-state index contributed by atoms with van der Waals surface area (Å²) in [7, 11) is 0. The van der Waals surface area contributed by atoms with Crippen LogP contribution in [0, 0.1) is 6.92 Å². The lowest BCUT2D eigenvalue weighted by Crippen LogP contribution is -2.26. The maximum absolute atomic E-state index is 13.1. The molecule has 32 heavy (non-hydrogen) atoms. The van der Waals surface area contributed by atoms with E-state index in [1.807, 2.05) is 35.9 Å². The fourth-order valence-electron chi connectivity index (χ4n) is 3.95. The number of fused-ring (bicyclic) bond motifs is 1. The van der Waals surface area contributed by atoms with Gasteiger partial charge in [-0.1, -0.05) is 30.3 Å². The van der Waals surface area contributed by atoms with Crippen LogP contribution in [-0.4, -0.2) is 40.4 Å². The van der Waals surface area contributed by atoms with Crippen molar-refractivity contribution in [2.45, 2.75) is 64.8 Å². The van der Waals surface area contributed by atoms with Gasteiger partial charge in [0, 0.05) is 24.8 Å². The van der Waals surface area contributed by atoms with Crippen LogP contribution in [0.15, 0.2) is 36.4 Å².